The van der Waals surface area contributed by atoms with Crippen LogP contribution in [-0.2, 0) is 11.2 Å². The zero-order valence-corrected chi connectivity index (χ0v) is 11.1. The first-order valence-corrected chi connectivity index (χ1v) is 7.09. The van der Waals surface area contributed by atoms with Crippen LogP contribution in [0.1, 0.15) is 25.3 Å². The second-order valence-corrected chi connectivity index (χ2v) is 5.20. The Morgan fingerprint density at radius 1 is 1.44 bits per heavy atom. The summed E-state index contributed by atoms with van der Waals surface area (Å²) >= 11 is 0. The zero-order valence-electron chi connectivity index (χ0n) is 11.1. The molecule has 1 saturated heterocycles. The van der Waals surface area contributed by atoms with Crippen LogP contribution in [0.15, 0.2) is 18.2 Å². The Morgan fingerprint density at radius 2 is 2.39 bits per heavy atom. The van der Waals surface area contributed by atoms with Gasteiger partial charge in [-0.3, -0.25) is 0 Å². The number of anilines is 2. The summed E-state index contributed by atoms with van der Waals surface area (Å²) in [4.78, 5) is 2.50. The highest BCUT2D eigenvalue weighted by atomic mass is 16.5. The van der Waals surface area contributed by atoms with Crippen molar-refractivity contribution in [3.63, 3.8) is 0 Å². The van der Waals surface area contributed by atoms with Gasteiger partial charge in [-0.05, 0) is 37.0 Å². The van der Waals surface area contributed by atoms with Gasteiger partial charge < -0.3 is 15.0 Å². The number of aryl methyl sites for hydroxylation is 1. The monoisotopic (exact) mass is 246 g/mol. The van der Waals surface area contributed by atoms with Crippen molar-refractivity contribution < 1.29 is 4.74 Å². The summed E-state index contributed by atoms with van der Waals surface area (Å²) in [5, 5.41) is 3.52. The lowest BCUT2D eigenvalue weighted by Crippen LogP contribution is -2.45. The molecule has 3 heteroatoms. The number of ether oxygens (including phenoxy) is 1. The van der Waals surface area contributed by atoms with Crippen LogP contribution in [0.4, 0.5) is 11.4 Å². The molecule has 0 spiro atoms. The molecule has 1 N–H and O–H groups in total. The van der Waals surface area contributed by atoms with E-state index >= 15 is 0 Å². The van der Waals surface area contributed by atoms with Gasteiger partial charge in [0.05, 0.1) is 19.3 Å². The van der Waals surface area contributed by atoms with Crippen molar-refractivity contribution in [2.75, 3.05) is 36.5 Å². The standard InChI is InChI=1S/C15H22N2O/c1-2-13-11-18-9-8-17(13)14-6-5-12-4-3-7-16-15(12)10-14/h5-6,10,13,16H,2-4,7-9,11H2,1H3. The number of rotatable bonds is 2. The molecule has 0 aromatic heterocycles. The van der Waals surface area contributed by atoms with Crippen molar-refractivity contribution in [3.8, 4) is 0 Å². The maximum absolute atomic E-state index is 5.58. The lowest BCUT2D eigenvalue weighted by molar-refractivity contribution is 0.0930. The molecule has 2 aliphatic rings. The van der Waals surface area contributed by atoms with Crippen molar-refractivity contribution in [1.29, 1.82) is 0 Å². The van der Waals surface area contributed by atoms with Crippen LogP contribution in [0, 0.1) is 0 Å². The van der Waals surface area contributed by atoms with Crippen molar-refractivity contribution >= 4 is 11.4 Å². The van der Waals surface area contributed by atoms with Crippen LogP contribution in [0.25, 0.3) is 0 Å². The van der Waals surface area contributed by atoms with Crippen LogP contribution in [0.3, 0.4) is 0 Å². The maximum Gasteiger partial charge on any atom is 0.0670 e. The van der Waals surface area contributed by atoms with Gasteiger partial charge in [0, 0.05) is 24.5 Å². The van der Waals surface area contributed by atoms with Crippen LogP contribution >= 0.6 is 0 Å². The SMILES string of the molecule is CCC1COCCN1c1ccc2c(c1)NCCC2. The minimum atomic E-state index is 0.528. The van der Waals surface area contributed by atoms with Crippen LogP contribution in [0.2, 0.25) is 0 Å². The smallest absolute Gasteiger partial charge is 0.0670 e. The molecule has 0 aliphatic carbocycles. The third-order valence-electron chi connectivity index (χ3n) is 4.06. The van der Waals surface area contributed by atoms with Gasteiger partial charge in [0.25, 0.3) is 0 Å². The average molecular weight is 246 g/mol. The van der Waals surface area contributed by atoms with Gasteiger partial charge in [-0.15, -0.1) is 0 Å². The van der Waals surface area contributed by atoms with E-state index in [-0.39, 0.29) is 0 Å². The second kappa shape index (κ2) is 5.19. The predicted octanol–water partition coefficient (Wildman–Crippen LogP) is 2.66. The molecule has 0 amide bonds. The molecule has 3 rings (SSSR count). The highest BCUT2D eigenvalue weighted by Gasteiger charge is 2.22. The number of benzene rings is 1. The maximum atomic E-state index is 5.58. The first-order valence-electron chi connectivity index (χ1n) is 7.09. The molecule has 2 aliphatic heterocycles. The number of morpholine rings is 1. The van der Waals surface area contributed by atoms with E-state index in [1.165, 1.54) is 29.8 Å². The summed E-state index contributed by atoms with van der Waals surface area (Å²) in [6.07, 6.45) is 3.61. The van der Waals surface area contributed by atoms with E-state index in [2.05, 4.69) is 35.3 Å². The van der Waals surface area contributed by atoms with E-state index in [1.807, 2.05) is 0 Å². The molecule has 1 aromatic rings. The van der Waals surface area contributed by atoms with Gasteiger partial charge >= 0.3 is 0 Å². The molecular weight excluding hydrogens is 224 g/mol. The number of nitrogens with one attached hydrogen (secondary N) is 1. The molecule has 0 bridgehead atoms. The number of nitrogens with zero attached hydrogens (tertiary/aromatic N) is 1. The minimum Gasteiger partial charge on any atom is -0.385 e. The molecule has 0 radical (unpaired) electrons. The van der Waals surface area contributed by atoms with E-state index in [0.29, 0.717) is 6.04 Å². The quantitative estimate of drug-likeness (QED) is 0.868. The topological polar surface area (TPSA) is 24.5 Å². The third kappa shape index (κ3) is 2.19. The van der Waals surface area contributed by atoms with Crippen molar-refractivity contribution in [2.45, 2.75) is 32.2 Å². The van der Waals surface area contributed by atoms with E-state index in [4.69, 9.17) is 4.74 Å². The number of fused-ring (bicyclic) bond motifs is 1. The molecule has 1 aromatic carbocycles. The molecule has 3 nitrogen and oxygen atoms in total. The molecule has 1 fully saturated rings. The zero-order chi connectivity index (χ0) is 12.4. The predicted molar refractivity (Wildman–Crippen MR) is 75.5 cm³/mol. The fourth-order valence-corrected chi connectivity index (χ4v) is 2.96. The Kier molecular flexibility index (Phi) is 3.41. The summed E-state index contributed by atoms with van der Waals surface area (Å²) in [6, 6.07) is 7.42. The normalized spacial score (nSPS) is 23.4. The van der Waals surface area contributed by atoms with Gasteiger partial charge in [-0.2, -0.15) is 0 Å². The van der Waals surface area contributed by atoms with E-state index in [9.17, 15) is 0 Å². The number of hydrogen-bond donors (Lipinski definition) is 1. The van der Waals surface area contributed by atoms with Gasteiger partial charge in [-0.25, -0.2) is 0 Å². The highest BCUT2D eigenvalue weighted by Crippen LogP contribution is 2.29. The molecule has 1 atom stereocenters. The van der Waals surface area contributed by atoms with Crippen LogP contribution in [-0.4, -0.2) is 32.3 Å². The van der Waals surface area contributed by atoms with Crippen molar-refractivity contribution in [3.05, 3.63) is 23.8 Å². The Balaban J connectivity index is 1.86. The van der Waals surface area contributed by atoms with Crippen LogP contribution < -0.4 is 10.2 Å². The Bertz CT molecular complexity index is 419. The molecule has 1 unspecified atom stereocenters. The van der Waals surface area contributed by atoms with Gasteiger partial charge in [0.15, 0.2) is 0 Å². The summed E-state index contributed by atoms with van der Waals surface area (Å²) in [6.45, 7) is 6.07. The fraction of sp³-hybridized carbons (Fsp3) is 0.600. The summed E-state index contributed by atoms with van der Waals surface area (Å²) in [7, 11) is 0. The molecule has 98 valence electrons. The highest BCUT2D eigenvalue weighted by molar-refractivity contribution is 5.64. The fourth-order valence-electron chi connectivity index (χ4n) is 2.96. The Labute approximate surface area is 109 Å². The third-order valence-corrected chi connectivity index (χ3v) is 4.06. The Hall–Kier alpha value is -1.22. The molecule has 0 saturated carbocycles. The van der Waals surface area contributed by atoms with Gasteiger partial charge in [0.2, 0.25) is 0 Å². The molecule has 18 heavy (non-hydrogen) atoms. The summed E-state index contributed by atoms with van der Waals surface area (Å²) in [5.41, 5.74) is 4.14. The Morgan fingerprint density at radius 3 is 3.28 bits per heavy atom. The minimum absolute atomic E-state index is 0.528. The van der Waals surface area contributed by atoms with E-state index in [1.54, 1.807) is 0 Å². The lowest BCUT2D eigenvalue weighted by Gasteiger charge is -2.37. The van der Waals surface area contributed by atoms with Crippen molar-refractivity contribution in [1.82, 2.24) is 0 Å². The largest absolute Gasteiger partial charge is 0.385 e. The van der Waals surface area contributed by atoms with Crippen molar-refractivity contribution in [2.24, 2.45) is 0 Å². The first kappa shape index (κ1) is 11.8. The van der Waals surface area contributed by atoms with E-state index in [0.717, 1.165) is 32.7 Å². The van der Waals surface area contributed by atoms with E-state index < -0.39 is 0 Å². The van der Waals surface area contributed by atoms with Crippen LogP contribution in [0.5, 0.6) is 0 Å². The van der Waals surface area contributed by atoms with Gasteiger partial charge in [0.1, 0.15) is 0 Å². The number of hydrogen-bond acceptors (Lipinski definition) is 3. The molecular formula is C15H22N2O. The first-order chi connectivity index (χ1) is 8.88. The molecule has 2 heterocycles. The lowest BCUT2D eigenvalue weighted by atomic mass is 10.0. The summed E-state index contributed by atoms with van der Waals surface area (Å²) < 4.78 is 5.58. The summed E-state index contributed by atoms with van der Waals surface area (Å²) in [5.74, 6) is 0. The second-order valence-electron chi connectivity index (χ2n) is 5.20. The average Bonchev–Trinajstić information content (AvgIpc) is 2.46. The van der Waals surface area contributed by atoms with Gasteiger partial charge in [-0.1, -0.05) is 13.0 Å².